The highest BCUT2D eigenvalue weighted by Gasteiger charge is 2.08. The number of hydrogen-bond donors (Lipinski definition) is 2. The maximum Gasteiger partial charge on any atom is 0.249 e. The van der Waals surface area contributed by atoms with Crippen LogP contribution in [0.1, 0.15) is 42.6 Å². The summed E-state index contributed by atoms with van der Waals surface area (Å²) in [6.07, 6.45) is 2.13. The predicted molar refractivity (Wildman–Crippen MR) is 67.7 cm³/mol. The first-order valence-corrected chi connectivity index (χ1v) is 5.75. The normalized spacial score (nSPS) is 10.5. The molecule has 0 radical (unpaired) electrons. The second-order valence-corrected chi connectivity index (χ2v) is 4.05. The van der Waals surface area contributed by atoms with E-state index in [1.807, 2.05) is 25.1 Å². The molecule has 0 aliphatic carbocycles. The zero-order valence-corrected chi connectivity index (χ0v) is 10.2. The van der Waals surface area contributed by atoms with Crippen molar-refractivity contribution in [2.45, 2.75) is 39.7 Å². The molecule has 0 heterocycles. The first-order chi connectivity index (χ1) is 7.58. The van der Waals surface area contributed by atoms with Crippen molar-refractivity contribution >= 4 is 11.6 Å². The molecule has 0 fully saturated rings. The van der Waals surface area contributed by atoms with Crippen molar-refractivity contribution in [3.8, 4) is 0 Å². The summed E-state index contributed by atoms with van der Waals surface area (Å²) in [5.41, 5.74) is 7.79. The van der Waals surface area contributed by atoms with Gasteiger partial charge in [-0.3, -0.25) is 4.79 Å². The summed E-state index contributed by atoms with van der Waals surface area (Å²) in [4.78, 5) is 11.2. The van der Waals surface area contributed by atoms with Gasteiger partial charge in [0.2, 0.25) is 5.91 Å². The zero-order valence-electron chi connectivity index (χ0n) is 10.2. The highest BCUT2D eigenvalue weighted by molar-refractivity contribution is 5.95. The number of amides is 1. The van der Waals surface area contributed by atoms with Gasteiger partial charge >= 0.3 is 0 Å². The first-order valence-electron chi connectivity index (χ1n) is 5.75. The molecule has 0 atom stereocenters. The van der Waals surface area contributed by atoms with E-state index in [1.165, 1.54) is 0 Å². The average molecular weight is 220 g/mol. The number of carbonyl (C=O) groups excluding carboxylic acids is 1. The Hall–Kier alpha value is -1.51. The molecule has 0 aromatic heterocycles. The lowest BCUT2D eigenvalue weighted by Gasteiger charge is -2.17. The Labute approximate surface area is 97.0 Å². The number of hydrogen-bond acceptors (Lipinski definition) is 2. The lowest BCUT2D eigenvalue weighted by atomic mass is 10.1. The highest BCUT2D eigenvalue weighted by atomic mass is 16.1. The fraction of sp³-hybridized carbons (Fsp3) is 0.462. The van der Waals surface area contributed by atoms with E-state index in [0.29, 0.717) is 11.6 Å². The van der Waals surface area contributed by atoms with Crippen LogP contribution in [0.4, 0.5) is 5.69 Å². The van der Waals surface area contributed by atoms with Gasteiger partial charge in [0.15, 0.2) is 0 Å². The molecule has 1 aromatic rings. The van der Waals surface area contributed by atoms with E-state index in [9.17, 15) is 4.79 Å². The number of anilines is 1. The highest BCUT2D eigenvalue weighted by Crippen LogP contribution is 2.17. The molecule has 3 heteroatoms. The van der Waals surface area contributed by atoms with E-state index >= 15 is 0 Å². The van der Waals surface area contributed by atoms with Crippen molar-refractivity contribution < 1.29 is 4.79 Å². The fourth-order valence-electron chi connectivity index (χ4n) is 1.71. The third-order valence-electron chi connectivity index (χ3n) is 2.86. The van der Waals surface area contributed by atoms with Crippen LogP contribution in [0.3, 0.4) is 0 Å². The Morgan fingerprint density at radius 2 is 2.00 bits per heavy atom. The van der Waals surface area contributed by atoms with Gasteiger partial charge in [-0.2, -0.15) is 0 Å². The number of nitrogens with two attached hydrogens (primary N) is 1. The maximum atomic E-state index is 11.2. The molecule has 3 nitrogen and oxygen atoms in total. The number of carbonyl (C=O) groups is 1. The lowest BCUT2D eigenvalue weighted by Crippen LogP contribution is -2.18. The third kappa shape index (κ3) is 2.99. The smallest absolute Gasteiger partial charge is 0.249 e. The summed E-state index contributed by atoms with van der Waals surface area (Å²) in [6, 6.07) is 6.18. The van der Waals surface area contributed by atoms with Crippen LogP contribution in [0.15, 0.2) is 18.2 Å². The first kappa shape index (κ1) is 12.6. The van der Waals surface area contributed by atoms with Crippen LogP contribution in [0.2, 0.25) is 0 Å². The van der Waals surface area contributed by atoms with Crippen molar-refractivity contribution in [2.75, 3.05) is 5.32 Å². The van der Waals surface area contributed by atoms with Gasteiger partial charge in [-0.05, 0) is 37.5 Å². The summed E-state index contributed by atoms with van der Waals surface area (Å²) in [5, 5.41) is 3.39. The second kappa shape index (κ2) is 5.54. The average Bonchev–Trinajstić information content (AvgIpc) is 2.27. The Kier molecular flexibility index (Phi) is 4.35. The second-order valence-electron chi connectivity index (χ2n) is 4.05. The molecule has 0 spiro atoms. The number of rotatable bonds is 5. The van der Waals surface area contributed by atoms with Crippen LogP contribution < -0.4 is 11.1 Å². The summed E-state index contributed by atoms with van der Waals surface area (Å²) in [5.74, 6) is -0.370. The molecule has 0 bridgehead atoms. The Morgan fingerprint density at radius 3 is 2.50 bits per heavy atom. The van der Waals surface area contributed by atoms with E-state index in [0.717, 1.165) is 24.1 Å². The van der Waals surface area contributed by atoms with Crippen molar-refractivity contribution in [2.24, 2.45) is 5.73 Å². The quantitative estimate of drug-likeness (QED) is 0.801. The van der Waals surface area contributed by atoms with Crippen molar-refractivity contribution in [1.82, 2.24) is 0 Å². The molecule has 0 saturated carbocycles. The zero-order chi connectivity index (χ0) is 12.1. The van der Waals surface area contributed by atoms with Gasteiger partial charge < -0.3 is 11.1 Å². The van der Waals surface area contributed by atoms with Crippen molar-refractivity contribution in [3.05, 3.63) is 29.3 Å². The summed E-state index contributed by atoms with van der Waals surface area (Å²) < 4.78 is 0. The van der Waals surface area contributed by atoms with Gasteiger partial charge in [0.05, 0.1) is 0 Å². The summed E-state index contributed by atoms with van der Waals surface area (Å²) >= 11 is 0. The lowest BCUT2D eigenvalue weighted by molar-refractivity contribution is 0.1000. The Balaban J connectivity index is 2.90. The third-order valence-corrected chi connectivity index (χ3v) is 2.86. The van der Waals surface area contributed by atoms with Gasteiger partial charge in [0.25, 0.3) is 0 Å². The van der Waals surface area contributed by atoms with E-state index in [4.69, 9.17) is 5.73 Å². The van der Waals surface area contributed by atoms with E-state index in [1.54, 1.807) is 0 Å². The molecule has 0 unspecified atom stereocenters. The standard InChI is InChI=1S/C13H20N2O/c1-4-10(5-2)15-11-7-6-9(3)12(8-11)13(14)16/h6-8,10,15H,4-5H2,1-3H3,(H2,14,16). The molecular formula is C13H20N2O. The van der Waals surface area contributed by atoms with E-state index < -0.39 is 0 Å². The molecule has 1 amide bonds. The van der Waals surface area contributed by atoms with Gasteiger partial charge in [0, 0.05) is 17.3 Å². The van der Waals surface area contributed by atoms with E-state index in [-0.39, 0.29) is 5.91 Å². The van der Waals surface area contributed by atoms with Crippen LogP contribution in [0.5, 0.6) is 0 Å². The van der Waals surface area contributed by atoms with Crippen LogP contribution in [-0.4, -0.2) is 11.9 Å². The SMILES string of the molecule is CCC(CC)Nc1ccc(C)c(C(N)=O)c1. The van der Waals surface area contributed by atoms with Crippen LogP contribution in [0, 0.1) is 6.92 Å². The number of benzene rings is 1. The summed E-state index contributed by atoms with van der Waals surface area (Å²) in [6.45, 7) is 6.18. The predicted octanol–water partition coefficient (Wildman–Crippen LogP) is 2.69. The Morgan fingerprint density at radius 1 is 1.38 bits per heavy atom. The largest absolute Gasteiger partial charge is 0.382 e. The van der Waals surface area contributed by atoms with Gasteiger partial charge in [0.1, 0.15) is 0 Å². The number of nitrogens with one attached hydrogen (secondary N) is 1. The molecule has 88 valence electrons. The van der Waals surface area contributed by atoms with Gasteiger partial charge in [-0.1, -0.05) is 19.9 Å². The number of aryl methyl sites for hydroxylation is 1. The Bertz CT molecular complexity index is 370. The van der Waals surface area contributed by atoms with Crippen LogP contribution in [0.25, 0.3) is 0 Å². The van der Waals surface area contributed by atoms with Crippen LogP contribution >= 0.6 is 0 Å². The summed E-state index contributed by atoms with van der Waals surface area (Å²) in [7, 11) is 0. The molecule has 3 N–H and O–H groups in total. The van der Waals surface area contributed by atoms with Gasteiger partial charge in [-0.15, -0.1) is 0 Å². The monoisotopic (exact) mass is 220 g/mol. The topological polar surface area (TPSA) is 55.1 Å². The molecule has 0 aliphatic heterocycles. The molecule has 1 aromatic carbocycles. The van der Waals surface area contributed by atoms with Crippen molar-refractivity contribution in [3.63, 3.8) is 0 Å². The minimum atomic E-state index is -0.370. The van der Waals surface area contributed by atoms with Crippen molar-refractivity contribution in [1.29, 1.82) is 0 Å². The molecule has 0 saturated heterocycles. The van der Waals surface area contributed by atoms with E-state index in [2.05, 4.69) is 19.2 Å². The molecule has 0 aliphatic rings. The molecule has 1 rings (SSSR count). The molecular weight excluding hydrogens is 200 g/mol. The maximum absolute atomic E-state index is 11.2. The number of primary amides is 1. The minimum Gasteiger partial charge on any atom is -0.382 e. The minimum absolute atomic E-state index is 0.370. The fourth-order valence-corrected chi connectivity index (χ4v) is 1.71. The van der Waals surface area contributed by atoms with Crippen LogP contribution in [-0.2, 0) is 0 Å². The molecule has 16 heavy (non-hydrogen) atoms. The van der Waals surface area contributed by atoms with Gasteiger partial charge in [-0.25, -0.2) is 0 Å².